The number of hydrogen-bond donors (Lipinski definition) is 2. The van der Waals surface area contributed by atoms with E-state index in [2.05, 4.69) is 10.9 Å². The van der Waals surface area contributed by atoms with Gasteiger partial charge in [-0.25, -0.2) is 4.39 Å². The maximum atomic E-state index is 12.9. The van der Waals surface area contributed by atoms with Crippen molar-refractivity contribution in [3.8, 4) is 0 Å². The zero-order valence-corrected chi connectivity index (χ0v) is 18.8. The van der Waals surface area contributed by atoms with Crippen LogP contribution in [0, 0.1) is 5.82 Å². The minimum absolute atomic E-state index is 0.0925. The van der Waals surface area contributed by atoms with Crippen LogP contribution in [0.1, 0.15) is 41.6 Å². The molecule has 2 N–H and O–H groups in total. The van der Waals surface area contributed by atoms with E-state index >= 15 is 0 Å². The summed E-state index contributed by atoms with van der Waals surface area (Å²) in [5, 5.41) is 0. The lowest BCUT2D eigenvalue weighted by molar-refractivity contribution is -0.123. The molecule has 2 aromatic rings. The Hall–Kier alpha value is -3.04. The molecule has 0 saturated carbocycles. The number of carbonyl (C=O) groups excluding carboxylic acids is 3. The van der Waals surface area contributed by atoms with Crippen molar-refractivity contribution >= 4 is 52.1 Å². The minimum Gasteiger partial charge on any atom is -0.293 e. The second-order valence-electron chi connectivity index (χ2n) is 7.06. The lowest BCUT2D eigenvalue weighted by Crippen LogP contribution is -2.41. The first kappa shape index (κ1) is 23.6. The Kier molecular flexibility index (Phi) is 8.52. The number of benzene rings is 2. The van der Waals surface area contributed by atoms with Gasteiger partial charge >= 0.3 is 0 Å². The average Bonchev–Trinajstić information content (AvgIpc) is 3.05. The Labute approximate surface area is 195 Å². The summed E-state index contributed by atoms with van der Waals surface area (Å²) in [7, 11) is 0. The zero-order valence-electron chi connectivity index (χ0n) is 17.2. The van der Waals surface area contributed by atoms with Crippen molar-refractivity contribution in [1.29, 1.82) is 0 Å². The third-order valence-electron chi connectivity index (χ3n) is 4.68. The molecule has 1 aliphatic rings. The van der Waals surface area contributed by atoms with E-state index in [1.807, 2.05) is 36.4 Å². The fourth-order valence-corrected chi connectivity index (χ4v) is 4.30. The molecule has 9 heteroatoms. The predicted octanol–water partition coefficient (Wildman–Crippen LogP) is 4.05. The van der Waals surface area contributed by atoms with Gasteiger partial charge in [-0.1, -0.05) is 60.7 Å². The molecule has 0 spiro atoms. The number of thioether (sulfide) groups is 1. The lowest BCUT2D eigenvalue weighted by atomic mass is 10.2. The molecule has 1 saturated heterocycles. The van der Waals surface area contributed by atoms with E-state index in [0.29, 0.717) is 28.6 Å². The SMILES string of the molecule is O=C(CCCCCN1C(=O)/C(=C/c2ccccc2)SC1=S)NNC(=O)c1ccc(F)cc1. The number of unbranched alkanes of at least 4 members (excludes halogenated alkanes) is 2. The largest absolute Gasteiger partial charge is 0.293 e. The summed E-state index contributed by atoms with van der Waals surface area (Å²) >= 11 is 6.64. The summed E-state index contributed by atoms with van der Waals surface area (Å²) in [6.45, 7) is 0.500. The van der Waals surface area contributed by atoms with E-state index in [0.717, 1.165) is 12.0 Å². The number of hydrazine groups is 1. The first-order chi connectivity index (χ1) is 15.4. The highest BCUT2D eigenvalue weighted by molar-refractivity contribution is 8.26. The Balaban J connectivity index is 1.34. The second kappa shape index (κ2) is 11.5. The number of thiocarbonyl (C=S) groups is 1. The van der Waals surface area contributed by atoms with Crippen molar-refractivity contribution in [2.24, 2.45) is 0 Å². The third kappa shape index (κ3) is 6.73. The highest BCUT2D eigenvalue weighted by Crippen LogP contribution is 2.32. The maximum Gasteiger partial charge on any atom is 0.269 e. The summed E-state index contributed by atoms with van der Waals surface area (Å²) in [6, 6.07) is 14.6. The number of halogens is 1. The molecule has 32 heavy (non-hydrogen) atoms. The van der Waals surface area contributed by atoms with Crippen molar-refractivity contribution in [2.75, 3.05) is 6.54 Å². The first-order valence-corrected chi connectivity index (χ1v) is 11.3. The summed E-state index contributed by atoms with van der Waals surface area (Å²) < 4.78 is 13.4. The van der Waals surface area contributed by atoms with Crippen molar-refractivity contribution < 1.29 is 18.8 Å². The summed E-state index contributed by atoms with van der Waals surface area (Å²) in [6.07, 6.45) is 4.11. The van der Waals surface area contributed by atoms with Crippen LogP contribution >= 0.6 is 24.0 Å². The van der Waals surface area contributed by atoms with E-state index in [9.17, 15) is 18.8 Å². The van der Waals surface area contributed by atoms with E-state index in [1.165, 1.54) is 36.0 Å². The Morgan fingerprint density at radius 3 is 2.44 bits per heavy atom. The first-order valence-electron chi connectivity index (χ1n) is 10.1. The molecule has 0 aliphatic carbocycles. The summed E-state index contributed by atoms with van der Waals surface area (Å²) in [5.41, 5.74) is 5.84. The van der Waals surface area contributed by atoms with Gasteiger partial charge in [-0.3, -0.25) is 30.1 Å². The molecule has 2 aromatic carbocycles. The molecule has 166 valence electrons. The second-order valence-corrected chi connectivity index (χ2v) is 8.74. The highest BCUT2D eigenvalue weighted by atomic mass is 32.2. The molecule has 1 fully saturated rings. The zero-order chi connectivity index (χ0) is 22.9. The van der Waals surface area contributed by atoms with Crippen LogP contribution in [0.3, 0.4) is 0 Å². The van der Waals surface area contributed by atoms with Gasteiger partial charge in [0, 0.05) is 18.5 Å². The van der Waals surface area contributed by atoms with Crippen molar-refractivity contribution in [3.63, 3.8) is 0 Å². The third-order valence-corrected chi connectivity index (χ3v) is 6.06. The van der Waals surface area contributed by atoms with Crippen LogP contribution < -0.4 is 10.9 Å². The number of carbonyl (C=O) groups is 3. The molecule has 0 atom stereocenters. The van der Waals surface area contributed by atoms with Gasteiger partial charge in [0.25, 0.3) is 11.8 Å². The van der Waals surface area contributed by atoms with Crippen LogP contribution in [0.4, 0.5) is 4.39 Å². The predicted molar refractivity (Wildman–Crippen MR) is 127 cm³/mol. The normalized spacial score (nSPS) is 14.7. The number of amides is 3. The molecule has 3 amide bonds. The van der Waals surface area contributed by atoms with E-state index in [4.69, 9.17) is 12.2 Å². The number of rotatable bonds is 8. The highest BCUT2D eigenvalue weighted by Gasteiger charge is 2.31. The summed E-state index contributed by atoms with van der Waals surface area (Å²) in [5.74, 6) is -1.37. The molecule has 1 aliphatic heterocycles. The Morgan fingerprint density at radius 1 is 1.00 bits per heavy atom. The van der Waals surface area contributed by atoms with Gasteiger partial charge in [-0.15, -0.1) is 0 Å². The number of nitrogens with one attached hydrogen (secondary N) is 2. The monoisotopic (exact) mass is 471 g/mol. The van der Waals surface area contributed by atoms with Crippen molar-refractivity contribution in [3.05, 3.63) is 76.4 Å². The standard InChI is InChI=1S/C23H22FN3O3S2/c24-18-12-10-17(11-13-18)21(29)26-25-20(28)9-5-2-6-14-27-22(30)19(32-23(27)31)15-16-7-3-1-4-8-16/h1,3-4,7-8,10-13,15H,2,5-6,9,14H2,(H,25,28)(H,26,29)/b19-15-. The average molecular weight is 472 g/mol. The van der Waals surface area contributed by atoms with Gasteiger partial charge in [0.05, 0.1) is 4.91 Å². The quantitative estimate of drug-likeness (QED) is 0.263. The van der Waals surface area contributed by atoms with Crippen LogP contribution in [0.5, 0.6) is 0 Å². The fraction of sp³-hybridized carbons (Fsp3) is 0.217. The van der Waals surface area contributed by atoms with Crippen LogP contribution in [0.25, 0.3) is 6.08 Å². The summed E-state index contributed by atoms with van der Waals surface area (Å²) in [4.78, 5) is 38.6. The number of nitrogens with zero attached hydrogens (tertiary/aromatic N) is 1. The van der Waals surface area contributed by atoms with Gasteiger partial charge in [0.1, 0.15) is 10.1 Å². The van der Waals surface area contributed by atoms with Crippen LogP contribution in [0.2, 0.25) is 0 Å². The van der Waals surface area contributed by atoms with Gasteiger partial charge in [-0.2, -0.15) is 0 Å². The molecule has 0 unspecified atom stereocenters. The van der Waals surface area contributed by atoms with Crippen LogP contribution in [-0.2, 0) is 9.59 Å². The maximum absolute atomic E-state index is 12.9. The van der Waals surface area contributed by atoms with Crippen LogP contribution in [-0.4, -0.2) is 33.5 Å². The molecule has 0 radical (unpaired) electrons. The number of hydrogen-bond acceptors (Lipinski definition) is 5. The van der Waals surface area contributed by atoms with E-state index < -0.39 is 11.7 Å². The van der Waals surface area contributed by atoms with Crippen LogP contribution in [0.15, 0.2) is 59.5 Å². The minimum atomic E-state index is -0.517. The molecule has 0 bridgehead atoms. The van der Waals surface area contributed by atoms with E-state index in [1.54, 1.807) is 4.90 Å². The lowest BCUT2D eigenvalue weighted by Gasteiger charge is -2.14. The van der Waals surface area contributed by atoms with Gasteiger partial charge < -0.3 is 0 Å². The topological polar surface area (TPSA) is 78.5 Å². The van der Waals surface area contributed by atoms with Crippen molar-refractivity contribution in [1.82, 2.24) is 15.8 Å². The van der Waals surface area contributed by atoms with E-state index in [-0.39, 0.29) is 23.8 Å². The molecular weight excluding hydrogens is 449 g/mol. The molecular formula is C23H22FN3O3S2. The Morgan fingerprint density at radius 2 is 1.72 bits per heavy atom. The van der Waals surface area contributed by atoms with Gasteiger partial charge in [-0.05, 0) is 48.7 Å². The van der Waals surface area contributed by atoms with Crippen molar-refractivity contribution in [2.45, 2.75) is 25.7 Å². The smallest absolute Gasteiger partial charge is 0.269 e. The molecule has 6 nitrogen and oxygen atoms in total. The molecule has 1 heterocycles. The van der Waals surface area contributed by atoms with Gasteiger partial charge in [0.15, 0.2) is 0 Å². The molecule has 0 aromatic heterocycles. The Bertz CT molecular complexity index is 1030. The van der Waals surface area contributed by atoms with Gasteiger partial charge in [0.2, 0.25) is 5.91 Å². The molecule has 3 rings (SSSR count). The fourth-order valence-electron chi connectivity index (χ4n) is 2.99.